The lowest BCUT2D eigenvalue weighted by Crippen LogP contribution is -2.33. The molecule has 1 aromatic carbocycles. The topological polar surface area (TPSA) is 71.2 Å². The van der Waals surface area contributed by atoms with Crippen LogP contribution in [0.5, 0.6) is 0 Å². The van der Waals surface area contributed by atoms with Gasteiger partial charge in [-0.1, -0.05) is 29.5 Å². The molecule has 0 saturated carbocycles. The van der Waals surface area contributed by atoms with Gasteiger partial charge in [-0.2, -0.15) is 13.2 Å². The molecule has 0 aliphatic carbocycles. The Morgan fingerprint density at radius 2 is 2.00 bits per heavy atom. The van der Waals surface area contributed by atoms with E-state index in [2.05, 4.69) is 10.3 Å². The molecular weight excluding hydrogens is 393 g/mol. The van der Waals surface area contributed by atoms with Crippen molar-refractivity contribution in [1.82, 2.24) is 19.9 Å². The van der Waals surface area contributed by atoms with E-state index in [1.807, 2.05) is 17.5 Å². The molecule has 6 nitrogen and oxygen atoms in total. The summed E-state index contributed by atoms with van der Waals surface area (Å²) in [5.41, 5.74) is -0.711. The third-order valence-corrected chi connectivity index (χ3v) is 4.86. The number of thiophene rings is 1. The number of carbonyl (C=O) groups excluding carboxylic acids is 1. The summed E-state index contributed by atoms with van der Waals surface area (Å²) in [6.45, 7) is 0.0342. The van der Waals surface area contributed by atoms with Crippen LogP contribution in [0.1, 0.15) is 26.5 Å². The van der Waals surface area contributed by atoms with Gasteiger partial charge in [-0.05, 0) is 23.1 Å². The molecule has 0 unspecified atom stereocenters. The maximum Gasteiger partial charge on any atom is 0.416 e. The molecule has 0 radical (unpaired) electrons. The quantitative estimate of drug-likeness (QED) is 0.650. The molecule has 0 atom stereocenters. The lowest BCUT2D eigenvalue weighted by atomic mass is 10.1. The van der Waals surface area contributed by atoms with Gasteiger partial charge >= 0.3 is 6.18 Å². The molecule has 0 aliphatic rings. The van der Waals surface area contributed by atoms with Crippen LogP contribution in [0.15, 0.2) is 48.0 Å². The van der Waals surface area contributed by atoms with E-state index in [0.29, 0.717) is 6.54 Å². The molecule has 1 amide bonds. The first-order valence-corrected chi connectivity index (χ1v) is 9.24. The molecule has 0 bridgehead atoms. The molecule has 1 N–H and O–H groups in total. The van der Waals surface area contributed by atoms with Crippen molar-refractivity contribution in [3.63, 3.8) is 0 Å². The average molecular weight is 410 g/mol. The average Bonchev–Trinajstić information content (AvgIpc) is 3.32. The molecule has 0 saturated heterocycles. The SMILES string of the molecule is O=C(c1cn(Cc2ccccc2C(F)(F)F)nn1)N(CCO)Cc1cccs1. The van der Waals surface area contributed by atoms with Gasteiger partial charge in [0.2, 0.25) is 0 Å². The molecule has 3 rings (SSSR count). The highest BCUT2D eigenvalue weighted by atomic mass is 32.1. The fraction of sp³-hybridized carbons (Fsp3) is 0.278. The van der Waals surface area contributed by atoms with Gasteiger partial charge in [0.25, 0.3) is 5.91 Å². The zero-order chi connectivity index (χ0) is 20.1. The second-order valence-corrected chi connectivity index (χ2v) is 7.02. The number of nitrogens with zero attached hydrogens (tertiary/aromatic N) is 4. The molecule has 2 heterocycles. The van der Waals surface area contributed by atoms with E-state index in [1.165, 1.54) is 45.3 Å². The van der Waals surface area contributed by atoms with Crippen LogP contribution in [0, 0.1) is 0 Å². The number of aromatic nitrogens is 3. The third kappa shape index (κ3) is 4.76. The van der Waals surface area contributed by atoms with E-state index in [0.717, 1.165) is 10.9 Å². The Labute approximate surface area is 162 Å². The zero-order valence-corrected chi connectivity index (χ0v) is 15.5. The number of aliphatic hydroxyl groups excluding tert-OH is 1. The second kappa shape index (κ2) is 8.53. The summed E-state index contributed by atoms with van der Waals surface area (Å²) >= 11 is 1.48. The number of aliphatic hydroxyl groups is 1. The summed E-state index contributed by atoms with van der Waals surface area (Å²) in [7, 11) is 0. The number of halogens is 3. The summed E-state index contributed by atoms with van der Waals surface area (Å²) in [6.07, 6.45) is -3.16. The lowest BCUT2D eigenvalue weighted by molar-refractivity contribution is -0.138. The highest BCUT2D eigenvalue weighted by Gasteiger charge is 2.33. The van der Waals surface area contributed by atoms with Crippen molar-refractivity contribution in [2.24, 2.45) is 0 Å². The maximum atomic E-state index is 13.1. The molecule has 3 aromatic rings. The minimum atomic E-state index is -4.48. The van der Waals surface area contributed by atoms with Gasteiger partial charge in [0.05, 0.1) is 31.5 Å². The van der Waals surface area contributed by atoms with Gasteiger partial charge in [-0.15, -0.1) is 16.4 Å². The molecule has 28 heavy (non-hydrogen) atoms. The Hall–Kier alpha value is -2.72. The summed E-state index contributed by atoms with van der Waals surface area (Å²) < 4.78 is 40.6. The number of carbonyl (C=O) groups is 1. The summed E-state index contributed by atoms with van der Waals surface area (Å²) in [5, 5.41) is 18.7. The molecule has 0 aliphatic heterocycles. The van der Waals surface area contributed by atoms with Crippen LogP contribution in [0.25, 0.3) is 0 Å². The normalized spacial score (nSPS) is 11.6. The van der Waals surface area contributed by atoms with E-state index in [1.54, 1.807) is 0 Å². The smallest absolute Gasteiger partial charge is 0.395 e. The zero-order valence-electron chi connectivity index (χ0n) is 14.6. The van der Waals surface area contributed by atoms with E-state index < -0.39 is 17.6 Å². The molecule has 0 fully saturated rings. The standard InChI is InChI=1S/C18H17F3N4O2S/c19-18(20,21)15-6-2-1-4-13(15)10-25-12-16(22-23-25)17(27)24(7-8-26)11-14-5-3-9-28-14/h1-6,9,12,26H,7-8,10-11H2. The number of benzene rings is 1. The first kappa shape index (κ1) is 20.0. The van der Waals surface area contributed by atoms with Crippen LogP contribution >= 0.6 is 11.3 Å². The molecule has 148 valence electrons. The van der Waals surface area contributed by atoms with E-state index in [4.69, 9.17) is 0 Å². The number of alkyl halides is 3. The van der Waals surface area contributed by atoms with Crippen LogP contribution < -0.4 is 0 Å². The van der Waals surface area contributed by atoms with Crippen LogP contribution in [-0.2, 0) is 19.3 Å². The largest absolute Gasteiger partial charge is 0.416 e. The number of hydrogen-bond donors (Lipinski definition) is 1. The Bertz CT molecular complexity index is 925. The third-order valence-electron chi connectivity index (χ3n) is 4.00. The van der Waals surface area contributed by atoms with Gasteiger partial charge in [0.15, 0.2) is 5.69 Å². The highest BCUT2D eigenvalue weighted by Crippen LogP contribution is 2.32. The Kier molecular flexibility index (Phi) is 6.10. The Balaban J connectivity index is 1.77. The van der Waals surface area contributed by atoms with Crippen molar-refractivity contribution in [2.75, 3.05) is 13.2 Å². The van der Waals surface area contributed by atoms with Crippen LogP contribution in [-0.4, -0.2) is 44.1 Å². The van der Waals surface area contributed by atoms with E-state index in [-0.39, 0.29) is 31.0 Å². The van der Waals surface area contributed by atoms with Gasteiger partial charge in [0, 0.05) is 11.4 Å². The van der Waals surface area contributed by atoms with Gasteiger partial charge in [-0.3, -0.25) is 4.79 Å². The summed E-state index contributed by atoms with van der Waals surface area (Å²) in [4.78, 5) is 15.0. The summed E-state index contributed by atoms with van der Waals surface area (Å²) in [6, 6.07) is 8.92. The van der Waals surface area contributed by atoms with Gasteiger partial charge in [0.1, 0.15) is 0 Å². The van der Waals surface area contributed by atoms with E-state index >= 15 is 0 Å². The van der Waals surface area contributed by atoms with Crippen molar-refractivity contribution in [2.45, 2.75) is 19.3 Å². The van der Waals surface area contributed by atoms with Crippen molar-refractivity contribution < 1.29 is 23.1 Å². The molecule has 0 spiro atoms. The maximum absolute atomic E-state index is 13.1. The minimum absolute atomic E-state index is 0.00879. The molecule has 2 aromatic heterocycles. The predicted molar refractivity (Wildman–Crippen MR) is 96.7 cm³/mol. The van der Waals surface area contributed by atoms with Crippen molar-refractivity contribution in [1.29, 1.82) is 0 Å². The molecular formula is C18H17F3N4O2S. The summed E-state index contributed by atoms with van der Waals surface area (Å²) in [5.74, 6) is -0.446. The fourth-order valence-corrected chi connectivity index (χ4v) is 3.43. The predicted octanol–water partition coefficient (Wildman–Crippen LogP) is 3.04. The van der Waals surface area contributed by atoms with Crippen molar-refractivity contribution >= 4 is 17.2 Å². The Morgan fingerprint density at radius 3 is 2.68 bits per heavy atom. The van der Waals surface area contributed by atoms with Crippen molar-refractivity contribution in [3.05, 3.63) is 69.7 Å². The highest BCUT2D eigenvalue weighted by molar-refractivity contribution is 7.09. The first-order chi connectivity index (χ1) is 13.4. The monoisotopic (exact) mass is 410 g/mol. The Morgan fingerprint density at radius 1 is 1.21 bits per heavy atom. The van der Waals surface area contributed by atoms with Gasteiger partial charge in [-0.25, -0.2) is 4.68 Å². The first-order valence-electron chi connectivity index (χ1n) is 8.36. The minimum Gasteiger partial charge on any atom is -0.395 e. The fourth-order valence-electron chi connectivity index (χ4n) is 2.71. The van der Waals surface area contributed by atoms with Gasteiger partial charge < -0.3 is 10.0 Å². The van der Waals surface area contributed by atoms with E-state index in [9.17, 15) is 23.1 Å². The number of amides is 1. The van der Waals surface area contributed by atoms with Crippen LogP contribution in [0.2, 0.25) is 0 Å². The van der Waals surface area contributed by atoms with Crippen molar-refractivity contribution in [3.8, 4) is 0 Å². The van der Waals surface area contributed by atoms with Crippen LogP contribution in [0.4, 0.5) is 13.2 Å². The molecule has 10 heteroatoms. The number of rotatable bonds is 7. The lowest BCUT2D eigenvalue weighted by Gasteiger charge is -2.19. The number of hydrogen-bond acceptors (Lipinski definition) is 5. The van der Waals surface area contributed by atoms with Crippen LogP contribution in [0.3, 0.4) is 0 Å². The second-order valence-electron chi connectivity index (χ2n) is 5.99.